The number of carbonyl (C=O) groups excluding carboxylic acids is 3. The fourth-order valence-electron chi connectivity index (χ4n) is 4.21. The van der Waals surface area contributed by atoms with Crippen molar-refractivity contribution in [3.05, 3.63) is 119 Å². The van der Waals surface area contributed by atoms with Crippen molar-refractivity contribution in [3.8, 4) is 11.5 Å². The van der Waals surface area contributed by atoms with Crippen LogP contribution in [-0.4, -0.2) is 30.9 Å². The van der Waals surface area contributed by atoms with Gasteiger partial charge in [-0.25, -0.2) is 18.6 Å². The number of anilines is 1. The van der Waals surface area contributed by atoms with Crippen LogP contribution >= 0.6 is 0 Å². The Hall–Kier alpha value is -5.62. The Balaban J connectivity index is 1.32. The van der Waals surface area contributed by atoms with E-state index in [4.69, 9.17) is 14.2 Å². The maximum Gasteiger partial charge on any atom is 0.412 e. The van der Waals surface area contributed by atoms with Gasteiger partial charge in [-0.2, -0.15) is 0 Å². The number of aliphatic imine (C=N–C) groups is 1. The summed E-state index contributed by atoms with van der Waals surface area (Å²) in [6.45, 7) is 3.15. The minimum absolute atomic E-state index is 0.0195. The fraction of sp³-hybridized carbons (Fsp3) is 0.176. The summed E-state index contributed by atoms with van der Waals surface area (Å²) >= 11 is 0. The van der Waals surface area contributed by atoms with E-state index >= 15 is 8.78 Å². The van der Waals surface area contributed by atoms with E-state index in [2.05, 4.69) is 20.9 Å². The first-order chi connectivity index (χ1) is 22.2. The molecule has 10 nitrogen and oxygen atoms in total. The Morgan fingerprint density at radius 3 is 2.26 bits per heavy atom. The zero-order valence-corrected chi connectivity index (χ0v) is 25.1. The fourth-order valence-corrected chi connectivity index (χ4v) is 4.21. The van der Waals surface area contributed by atoms with Gasteiger partial charge in [-0.05, 0) is 42.3 Å². The zero-order chi connectivity index (χ0) is 32.9. The van der Waals surface area contributed by atoms with Gasteiger partial charge < -0.3 is 24.8 Å². The number of benzene rings is 4. The van der Waals surface area contributed by atoms with Gasteiger partial charge >= 0.3 is 6.09 Å². The molecule has 0 bridgehead atoms. The smallest absolute Gasteiger partial charge is 0.412 e. The average molecular weight is 631 g/mol. The number of nitrogens with one attached hydrogen (secondary N) is 3. The number of ether oxygens (including phenoxy) is 3. The third-order valence-electron chi connectivity index (χ3n) is 6.29. The molecule has 0 aliphatic heterocycles. The Labute approximate surface area is 264 Å². The molecular weight excluding hydrogens is 598 g/mol. The van der Waals surface area contributed by atoms with Crippen LogP contribution in [-0.2, 0) is 32.2 Å². The predicted molar refractivity (Wildman–Crippen MR) is 168 cm³/mol. The lowest BCUT2D eigenvalue weighted by Crippen LogP contribution is -2.31. The Bertz CT molecular complexity index is 1660. The maximum atomic E-state index is 15.2. The van der Waals surface area contributed by atoms with Gasteiger partial charge in [0.1, 0.15) is 29.7 Å². The lowest BCUT2D eigenvalue weighted by atomic mass is 10.1. The number of nitrogens with zero attached hydrogens (tertiary/aromatic N) is 1. The highest BCUT2D eigenvalue weighted by Gasteiger charge is 2.28. The van der Waals surface area contributed by atoms with E-state index in [1.165, 1.54) is 19.3 Å². The summed E-state index contributed by atoms with van der Waals surface area (Å²) in [6, 6.07) is 24.2. The van der Waals surface area contributed by atoms with Crippen LogP contribution in [0.4, 0.5) is 25.0 Å². The molecule has 0 fully saturated rings. The second-order valence-corrected chi connectivity index (χ2v) is 9.80. The van der Waals surface area contributed by atoms with Gasteiger partial charge in [-0.15, -0.1) is 0 Å². The van der Waals surface area contributed by atoms with Crippen LogP contribution in [0.2, 0.25) is 0 Å². The molecule has 0 saturated heterocycles. The molecule has 0 heterocycles. The van der Waals surface area contributed by atoms with E-state index < -0.39 is 35.3 Å². The van der Waals surface area contributed by atoms with Crippen molar-refractivity contribution in [2.75, 3.05) is 11.9 Å². The largest absolute Gasteiger partial charge is 0.457 e. The first-order valence-electron chi connectivity index (χ1n) is 14.2. The van der Waals surface area contributed by atoms with Gasteiger partial charge in [0.25, 0.3) is 5.91 Å². The van der Waals surface area contributed by atoms with Crippen molar-refractivity contribution in [1.82, 2.24) is 10.6 Å². The molecule has 4 aromatic carbocycles. The van der Waals surface area contributed by atoms with Gasteiger partial charge in [-0.1, -0.05) is 48.5 Å². The maximum absolute atomic E-state index is 15.2. The lowest BCUT2D eigenvalue weighted by Gasteiger charge is -2.19. The zero-order valence-electron chi connectivity index (χ0n) is 25.1. The molecule has 1 atom stereocenters. The third-order valence-corrected chi connectivity index (χ3v) is 6.29. The van der Waals surface area contributed by atoms with Crippen LogP contribution < -0.4 is 20.7 Å². The van der Waals surface area contributed by atoms with E-state index in [0.29, 0.717) is 16.9 Å². The minimum Gasteiger partial charge on any atom is -0.457 e. The summed E-state index contributed by atoms with van der Waals surface area (Å²) in [4.78, 5) is 40.3. The number of halogens is 2. The first-order valence-corrected chi connectivity index (χ1v) is 14.2. The average Bonchev–Trinajstić information content (AvgIpc) is 3.03. The quantitative estimate of drug-likeness (QED) is 0.112. The number of hydrogen-bond donors (Lipinski definition) is 3. The third kappa shape index (κ3) is 9.96. The number of alkyl carbamates (subject to hydrolysis) is 1. The highest BCUT2D eigenvalue weighted by Crippen LogP contribution is 2.31. The molecule has 3 N–H and O–H groups in total. The second kappa shape index (κ2) is 16.5. The number of hydrogen-bond acceptors (Lipinski definition) is 7. The van der Waals surface area contributed by atoms with Crippen LogP contribution in [0.3, 0.4) is 0 Å². The van der Waals surface area contributed by atoms with Gasteiger partial charge in [0.05, 0.1) is 17.6 Å². The molecule has 1 unspecified atom stereocenters. The van der Waals surface area contributed by atoms with E-state index in [0.717, 1.165) is 17.7 Å². The molecule has 0 aliphatic carbocycles. The highest BCUT2D eigenvalue weighted by atomic mass is 19.1. The monoisotopic (exact) mass is 630 g/mol. The Morgan fingerprint density at radius 1 is 0.870 bits per heavy atom. The molecule has 3 amide bonds. The number of rotatable bonds is 13. The molecule has 12 heteroatoms. The van der Waals surface area contributed by atoms with Crippen molar-refractivity contribution >= 4 is 35.6 Å². The van der Waals surface area contributed by atoms with E-state index in [1.807, 2.05) is 30.3 Å². The lowest BCUT2D eigenvalue weighted by molar-refractivity contribution is -0.133. The van der Waals surface area contributed by atoms with Crippen LogP contribution in [0.1, 0.15) is 36.6 Å². The molecule has 4 rings (SSSR count). The van der Waals surface area contributed by atoms with Crippen molar-refractivity contribution in [2.45, 2.75) is 33.1 Å². The topological polar surface area (TPSA) is 127 Å². The Morgan fingerprint density at radius 2 is 1.59 bits per heavy atom. The van der Waals surface area contributed by atoms with E-state index in [-0.39, 0.29) is 37.2 Å². The summed E-state index contributed by atoms with van der Waals surface area (Å²) in [5.74, 6) is -2.98. The van der Waals surface area contributed by atoms with E-state index in [9.17, 15) is 14.4 Å². The van der Waals surface area contributed by atoms with Gasteiger partial charge in [-0.3, -0.25) is 14.9 Å². The normalized spacial score (nSPS) is 11.5. The summed E-state index contributed by atoms with van der Waals surface area (Å²) in [5.41, 5.74) is 1.96. The molecule has 0 saturated carbocycles. The SMILES string of the molecule is CCOC(C(=O)NCc1ccc(/N=C/NC(=O)OCc2ccccc2)cc1)c1c(F)cc(Oc2cccc(NC(C)=O)c2)cc1F. The van der Waals surface area contributed by atoms with Gasteiger partial charge in [0.2, 0.25) is 5.91 Å². The molecule has 46 heavy (non-hydrogen) atoms. The minimum atomic E-state index is -1.56. The van der Waals surface area contributed by atoms with Gasteiger partial charge in [0, 0.05) is 44.0 Å². The molecule has 4 aromatic rings. The molecule has 238 valence electrons. The molecular formula is C34H32F2N4O6. The van der Waals surface area contributed by atoms with Crippen LogP contribution in [0.15, 0.2) is 96.0 Å². The molecule has 0 radical (unpaired) electrons. The standard InChI is InChI=1S/C34H32F2N4O6/c1-3-44-32(31-29(35)17-28(18-30(31)36)46-27-11-7-10-26(16-27)40-22(2)41)33(42)37-19-23-12-14-25(15-13-23)38-21-39-34(43)45-20-24-8-5-4-6-9-24/h4-18,21,32H,3,19-20H2,1-2H3,(H,37,42)(H,40,41)(H,38,39,43). The summed E-state index contributed by atoms with van der Waals surface area (Å²) in [6.07, 6.45) is -1.00. The Kier molecular flexibility index (Phi) is 11.9. The van der Waals surface area contributed by atoms with E-state index in [1.54, 1.807) is 49.4 Å². The first kappa shape index (κ1) is 33.3. The number of carbonyl (C=O) groups is 3. The van der Waals surface area contributed by atoms with Crippen molar-refractivity contribution in [1.29, 1.82) is 0 Å². The van der Waals surface area contributed by atoms with Crippen molar-refractivity contribution in [3.63, 3.8) is 0 Å². The van der Waals surface area contributed by atoms with Crippen LogP contribution in [0.5, 0.6) is 11.5 Å². The molecule has 0 aromatic heterocycles. The van der Waals surface area contributed by atoms with Crippen LogP contribution in [0.25, 0.3) is 0 Å². The summed E-state index contributed by atoms with van der Waals surface area (Å²) in [5, 5.41) is 7.66. The molecule has 0 aliphatic rings. The summed E-state index contributed by atoms with van der Waals surface area (Å²) < 4.78 is 46.5. The number of amides is 3. The highest BCUT2D eigenvalue weighted by molar-refractivity contribution is 5.88. The molecule has 0 spiro atoms. The van der Waals surface area contributed by atoms with Crippen LogP contribution in [0, 0.1) is 11.6 Å². The van der Waals surface area contributed by atoms with Gasteiger partial charge in [0.15, 0.2) is 6.10 Å². The predicted octanol–water partition coefficient (Wildman–Crippen LogP) is 6.70. The van der Waals surface area contributed by atoms with Crippen molar-refractivity contribution in [2.24, 2.45) is 4.99 Å². The van der Waals surface area contributed by atoms with Crippen molar-refractivity contribution < 1.29 is 37.4 Å². The second-order valence-electron chi connectivity index (χ2n) is 9.80. The summed E-state index contributed by atoms with van der Waals surface area (Å²) in [7, 11) is 0.